The van der Waals surface area contributed by atoms with Gasteiger partial charge in [-0.3, -0.25) is 37.3 Å². The summed E-state index contributed by atoms with van der Waals surface area (Å²) in [6.07, 6.45) is 32.3. The molecule has 0 fully saturated rings. The summed E-state index contributed by atoms with van der Waals surface area (Å²) in [6.45, 7) is 13.9. The van der Waals surface area contributed by atoms with Crippen molar-refractivity contribution in [2.45, 2.75) is 318 Å². The molecule has 3 N–H and O–H groups in total. The van der Waals surface area contributed by atoms with Crippen LogP contribution in [-0.2, 0) is 65.4 Å². The Balaban J connectivity index is 5.26. The van der Waals surface area contributed by atoms with E-state index < -0.39 is 97.5 Å². The zero-order chi connectivity index (χ0) is 61.1. The first-order valence-corrected chi connectivity index (χ1v) is 35.7. The van der Waals surface area contributed by atoms with E-state index in [9.17, 15) is 43.2 Å². The molecular formula is C63H122O17P2. The van der Waals surface area contributed by atoms with Crippen LogP contribution in [0, 0.1) is 23.7 Å². The zero-order valence-electron chi connectivity index (χ0n) is 53.1. The van der Waals surface area contributed by atoms with Gasteiger partial charge in [-0.05, 0) is 49.4 Å². The van der Waals surface area contributed by atoms with Crippen molar-refractivity contribution in [3.8, 4) is 0 Å². The Morgan fingerprint density at radius 1 is 0.341 bits per heavy atom. The number of hydrogen-bond acceptors (Lipinski definition) is 15. The van der Waals surface area contributed by atoms with Gasteiger partial charge in [-0.2, -0.15) is 0 Å². The van der Waals surface area contributed by atoms with Crippen molar-refractivity contribution in [2.75, 3.05) is 39.6 Å². The first-order valence-electron chi connectivity index (χ1n) is 32.7. The summed E-state index contributed by atoms with van der Waals surface area (Å²) >= 11 is 0. The lowest BCUT2D eigenvalue weighted by Crippen LogP contribution is -2.30. The molecule has 0 aromatic rings. The summed E-state index contributed by atoms with van der Waals surface area (Å²) in [4.78, 5) is 72.1. The van der Waals surface area contributed by atoms with Crippen molar-refractivity contribution < 1.29 is 80.2 Å². The van der Waals surface area contributed by atoms with Gasteiger partial charge in [0.15, 0.2) is 12.2 Å². The summed E-state index contributed by atoms with van der Waals surface area (Å²) in [6, 6.07) is 0. The molecule has 0 rings (SSSR count). The Hall–Kier alpha value is -1.94. The van der Waals surface area contributed by atoms with Gasteiger partial charge in [0.1, 0.15) is 19.3 Å². The van der Waals surface area contributed by atoms with Crippen molar-refractivity contribution in [1.82, 2.24) is 0 Å². The Morgan fingerprint density at radius 3 is 0.866 bits per heavy atom. The van der Waals surface area contributed by atoms with E-state index in [1.165, 1.54) is 89.9 Å². The van der Waals surface area contributed by atoms with Crippen LogP contribution < -0.4 is 0 Å². The molecule has 19 heteroatoms. The van der Waals surface area contributed by atoms with Gasteiger partial charge in [-0.15, -0.1) is 0 Å². The molecule has 0 saturated carbocycles. The van der Waals surface area contributed by atoms with Crippen LogP contribution in [0.3, 0.4) is 0 Å². The average Bonchev–Trinajstić information content (AvgIpc) is 3.44. The number of hydrogen-bond donors (Lipinski definition) is 3. The van der Waals surface area contributed by atoms with E-state index in [2.05, 4.69) is 55.4 Å². The lowest BCUT2D eigenvalue weighted by molar-refractivity contribution is -0.161. The lowest BCUT2D eigenvalue weighted by atomic mass is 10.00. The molecule has 0 aliphatic carbocycles. The highest BCUT2D eigenvalue weighted by atomic mass is 31.2. The number of phosphoric ester groups is 2. The van der Waals surface area contributed by atoms with Crippen LogP contribution in [0.15, 0.2) is 0 Å². The van der Waals surface area contributed by atoms with Crippen molar-refractivity contribution in [2.24, 2.45) is 23.7 Å². The number of phosphoric acid groups is 2. The minimum Gasteiger partial charge on any atom is -0.462 e. The summed E-state index contributed by atoms with van der Waals surface area (Å²) < 4.78 is 67.9. The summed E-state index contributed by atoms with van der Waals surface area (Å²) in [5.74, 6) is 0.721. The van der Waals surface area contributed by atoms with E-state index in [0.717, 1.165) is 120 Å². The van der Waals surface area contributed by atoms with Crippen molar-refractivity contribution in [3.05, 3.63) is 0 Å². The molecule has 82 heavy (non-hydrogen) atoms. The van der Waals surface area contributed by atoms with Crippen molar-refractivity contribution in [3.63, 3.8) is 0 Å². The number of ether oxygens (including phenoxy) is 4. The number of rotatable bonds is 60. The molecular weight excluding hydrogens is 1090 g/mol. The first kappa shape index (κ1) is 80.1. The minimum absolute atomic E-state index is 0.103. The van der Waals surface area contributed by atoms with E-state index in [1.807, 2.05) is 0 Å². The fourth-order valence-corrected chi connectivity index (χ4v) is 10.8. The van der Waals surface area contributed by atoms with Gasteiger partial charge < -0.3 is 33.8 Å². The van der Waals surface area contributed by atoms with Crippen LogP contribution in [-0.4, -0.2) is 96.7 Å². The van der Waals surface area contributed by atoms with Gasteiger partial charge in [-0.1, -0.05) is 248 Å². The molecule has 0 saturated heterocycles. The maximum Gasteiger partial charge on any atom is 0.472 e. The van der Waals surface area contributed by atoms with Crippen LogP contribution in [0.2, 0.25) is 0 Å². The van der Waals surface area contributed by atoms with Crippen LogP contribution in [0.4, 0.5) is 0 Å². The third kappa shape index (κ3) is 55.9. The number of aliphatic hydroxyl groups is 1. The van der Waals surface area contributed by atoms with Crippen LogP contribution >= 0.6 is 15.6 Å². The molecule has 0 aliphatic heterocycles. The zero-order valence-corrected chi connectivity index (χ0v) is 54.9. The van der Waals surface area contributed by atoms with Crippen LogP contribution in [0.25, 0.3) is 0 Å². The topological polar surface area (TPSA) is 237 Å². The summed E-state index contributed by atoms with van der Waals surface area (Å²) in [7, 11) is -9.89. The van der Waals surface area contributed by atoms with E-state index in [1.54, 1.807) is 0 Å². The number of aliphatic hydroxyl groups excluding tert-OH is 1. The molecule has 0 heterocycles. The fourth-order valence-electron chi connectivity index (χ4n) is 9.22. The minimum atomic E-state index is -4.94. The molecule has 6 atom stereocenters. The van der Waals surface area contributed by atoms with Gasteiger partial charge in [0.2, 0.25) is 0 Å². The summed E-state index contributed by atoms with van der Waals surface area (Å²) in [5, 5.41) is 10.5. The SMILES string of the molecule is CCC(C)CCCCCCCCC(=O)OC[C@H](COP(=O)(O)OC[C@H](O)COP(=O)(O)OC[C@@H](COC(=O)CCCCCCCCC(C)C)OC(=O)CCCCCCCCCCCC(C)C)OC(=O)CCCCCCCCCCC(C)C. The summed E-state index contributed by atoms with van der Waals surface area (Å²) in [5.41, 5.74) is 0. The molecule has 0 radical (unpaired) electrons. The van der Waals surface area contributed by atoms with Crippen molar-refractivity contribution >= 4 is 39.5 Å². The molecule has 0 aliphatic rings. The number of carbonyl (C=O) groups excluding carboxylic acids is 4. The van der Waals surface area contributed by atoms with Gasteiger partial charge >= 0.3 is 39.5 Å². The third-order valence-corrected chi connectivity index (χ3v) is 16.6. The normalized spacial score (nSPS) is 14.8. The molecule has 486 valence electrons. The highest BCUT2D eigenvalue weighted by molar-refractivity contribution is 7.47. The quantitative estimate of drug-likeness (QED) is 0.0222. The second-order valence-electron chi connectivity index (χ2n) is 24.5. The Kier molecular flexibility index (Phi) is 52.0. The maximum atomic E-state index is 13.0. The van der Waals surface area contributed by atoms with E-state index in [4.69, 9.17) is 37.0 Å². The molecule has 0 aromatic carbocycles. The number of esters is 4. The predicted octanol–water partition coefficient (Wildman–Crippen LogP) is 17.0. The molecule has 0 aromatic heterocycles. The molecule has 0 spiro atoms. The number of carbonyl (C=O) groups is 4. The monoisotopic (exact) mass is 1210 g/mol. The Labute approximate surface area is 498 Å². The van der Waals surface area contributed by atoms with Gasteiger partial charge in [0.05, 0.1) is 26.4 Å². The molecule has 0 amide bonds. The number of unbranched alkanes of at least 4 members (excludes halogenated alkanes) is 25. The standard InChI is InChI=1S/C63H122O17P2/c1-9-56(8)42-34-26-20-22-28-36-44-61(66)74-50-59(80-63(68)46-38-30-18-14-13-16-24-32-40-54(4)5)52-78-82(71,72)76-48-57(64)47-75-81(69,70)77-51-58(49-73-60(65)43-35-27-21-19-25-33-41-55(6)7)79-62(67)45-37-29-17-12-10-11-15-23-31-39-53(2)3/h53-59,64H,9-52H2,1-8H3,(H,69,70)(H,71,72)/t56?,57-,58-,59-/m1/s1. The highest BCUT2D eigenvalue weighted by Gasteiger charge is 2.30. The van der Waals surface area contributed by atoms with E-state index in [0.29, 0.717) is 31.6 Å². The highest BCUT2D eigenvalue weighted by Crippen LogP contribution is 2.45. The molecule has 3 unspecified atom stereocenters. The third-order valence-electron chi connectivity index (χ3n) is 14.7. The largest absolute Gasteiger partial charge is 0.472 e. The lowest BCUT2D eigenvalue weighted by Gasteiger charge is -2.21. The molecule has 17 nitrogen and oxygen atoms in total. The second kappa shape index (κ2) is 53.3. The maximum absolute atomic E-state index is 13.0. The second-order valence-corrected chi connectivity index (χ2v) is 27.4. The van der Waals surface area contributed by atoms with E-state index >= 15 is 0 Å². The smallest absolute Gasteiger partial charge is 0.462 e. The Morgan fingerprint density at radius 2 is 0.585 bits per heavy atom. The first-order chi connectivity index (χ1) is 39.1. The fraction of sp³-hybridized carbons (Fsp3) is 0.937. The van der Waals surface area contributed by atoms with Gasteiger partial charge in [0.25, 0.3) is 0 Å². The Bertz CT molecular complexity index is 1650. The van der Waals surface area contributed by atoms with Crippen LogP contribution in [0.1, 0.15) is 299 Å². The predicted molar refractivity (Wildman–Crippen MR) is 326 cm³/mol. The average molecular weight is 1210 g/mol. The van der Waals surface area contributed by atoms with Gasteiger partial charge in [-0.25, -0.2) is 9.13 Å². The van der Waals surface area contributed by atoms with Crippen LogP contribution in [0.5, 0.6) is 0 Å². The van der Waals surface area contributed by atoms with Crippen molar-refractivity contribution in [1.29, 1.82) is 0 Å². The van der Waals surface area contributed by atoms with E-state index in [-0.39, 0.29) is 25.7 Å². The molecule has 0 bridgehead atoms. The van der Waals surface area contributed by atoms with Gasteiger partial charge in [0, 0.05) is 25.7 Å².